The fourth-order valence-electron chi connectivity index (χ4n) is 0.929. The molecule has 2 atom stereocenters. The summed E-state index contributed by atoms with van der Waals surface area (Å²) < 4.78 is 0. The number of aliphatic imine (C=N–C) groups is 1. The van der Waals surface area contributed by atoms with Gasteiger partial charge in [-0.2, -0.15) is 0 Å². The zero-order valence-corrected chi connectivity index (χ0v) is 8.30. The molecule has 0 fully saturated rings. The molecule has 0 aromatic carbocycles. The van der Waals surface area contributed by atoms with Crippen LogP contribution in [0.4, 0.5) is 0 Å². The van der Waals surface area contributed by atoms with Crippen molar-refractivity contribution in [3.8, 4) is 0 Å². The maximum atomic E-state index is 4.44. The lowest BCUT2D eigenvalue weighted by atomic mass is 10.1. The number of hydrogen-bond donors (Lipinski definition) is 0. The third kappa shape index (κ3) is 6.08. The minimum Gasteiger partial charge on any atom is -0.294 e. The van der Waals surface area contributed by atoms with Crippen molar-refractivity contribution in [3.63, 3.8) is 0 Å². The molecule has 11 heavy (non-hydrogen) atoms. The lowest BCUT2D eigenvalue weighted by molar-refractivity contribution is 0.659. The third-order valence-electron chi connectivity index (χ3n) is 1.93. The molecule has 0 saturated heterocycles. The van der Waals surface area contributed by atoms with Gasteiger partial charge >= 0.3 is 0 Å². The van der Waals surface area contributed by atoms with Crippen LogP contribution in [0, 0.1) is 5.92 Å². The highest BCUT2D eigenvalue weighted by atomic mass is 14.7. The van der Waals surface area contributed by atoms with E-state index in [1.54, 1.807) is 0 Å². The van der Waals surface area contributed by atoms with Gasteiger partial charge < -0.3 is 0 Å². The zero-order valence-electron chi connectivity index (χ0n) is 8.30. The lowest BCUT2D eigenvalue weighted by Crippen LogP contribution is -2.00. The van der Waals surface area contributed by atoms with Gasteiger partial charge in [-0.25, -0.2) is 0 Å². The Morgan fingerprint density at radius 2 is 1.91 bits per heavy atom. The van der Waals surface area contributed by atoms with Crippen molar-refractivity contribution in [2.45, 2.75) is 53.0 Å². The lowest BCUT2D eigenvalue weighted by Gasteiger charge is -2.04. The van der Waals surface area contributed by atoms with Crippen LogP contribution in [0.3, 0.4) is 0 Å². The van der Waals surface area contributed by atoms with Crippen LogP contribution < -0.4 is 0 Å². The van der Waals surface area contributed by atoms with Crippen LogP contribution in [0.15, 0.2) is 4.99 Å². The van der Waals surface area contributed by atoms with Crippen LogP contribution in [-0.2, 0) is 0 Å². The summed E-state index contributed by atoms with van der Waals surface area (Å²) in [6.45, 7) is 8.78. The normalized spacial score (nSPS) is 17.1. The van der Waals surface area contributed by atoms with Gasteiger partial charge in [0.05, 0.1) is 0 Å². The van der Waals surface area contributed by atoms with Crippen LogP contribution >= 0.6 is 0 Å². The van der Waals surface area contributed by atoms with Crippen LogP contribution in [0.1, 0.15) is 47.0 Å². The SMILES string of the molecule is CCCC(C)C=NC(C)CC. The summed E-state index contributed by atoms with van der Waals surface area (Å²) in [4.78, 5) is 4.44. The highest BCUT2D eigenvalue weighted by Crippen LogP contribution is 2.03. The van der Waals surface area contributed by atoms with E-state index in [1.165, 1.54) is 12.8 Å². The molecular formula is C10H21N. The maximum Gasteiger partial charge on any atom is 0.0465 e. The highest BCUT2D eigenvalue weighted by Gasteiger charge is 1.96. The molecular weight excluding hydrogens is 134 g/mol. The van der Waals surface area contributed by atoms with Crippen molar-refractivity contribution in [2.24, 2.45) is 10.9 Å². The van der Waals surface area contributed by atoms with E-state index < -0.39 is 0 Å². The Bertz CT molecular complexity index is 107. The smallest absolute Gasteiger partial charge is 0.0465 e. The Morgan fingerprint density at radius 1 is 1.27 bits per heavy atom. The second-order valence-electron chi connectivity index (χ2n) is 3.32. The van der Waals surface area contributed by atoms with E-state index in [4.69, 9.17) is 0 Å². The molecule has 0 aromatic rings. The van der Waals surface area contributed by atoms with Crippen LogP contribution in [0.5, 0.6) is 0 Å². The van der Waals surface area contributed by atoms with Gasteiger partial charge in [-0.1, -0.05) is 27.2 Å². The van der Waals surface area contributed by atoms with Crippen LogP contribution in [-0.4, -0.2) is 12.3 Å². The molecule has 0 rings (SSSR count). The highest BCUT2D eigenvalue weighted by molar-refractivity contribution is 5.60. The van der Waals surface area contributed by atoms with Crippen molar-refractivity contribution in [3.05, 3.63) is 0 Å². The van der Waals surface area contributed by atoms with E-state index >= 15 is 0 Å². The Kier molecular flexibility index (Phi) is 6.19. The minimum absolute atomic E-state index is 0.509. The number of nitrogens with zero attached hydrogens (tertiary/aromatic N) is 1. The van der Waals surface area contributed by atoms with Gasteiger partial charge in [-0.15, -0.1) is 0 Å². The summed E-state index contributed by atoms with van der Waals surface area (Å²) in [5, 5.41) is 0. The molecule has 0 amide bonds. The van der Waals surface area contributed by atoms with Crippen LogP contribution in [0.2, 0.25) is 0 Å². The van der Waals surface area contributed by atoms with Gasteiger partial charge in [-0.3, -0.25) is 4.99 Å². The Labute approximate surface area is 70.9 Å². The molecule has 0 bridgehead atoms. The molecule has 0 spiro atoms. The van der Waals surface area contributed by atoms with Gasteiger partial charge in [0, 0.05) is 12.3 Å². The number of rotatable bonds is 5. The van der Waals surface area contributed by atoms with Crippen molar-refractivity contribution in [2.75, 3.05) is 0 Å². The summed E-state index contributed by atoms with van der Waals surface area (Å²) in [6, 6.07) is 0.509. The quantitative estimate of drug-likeness (QED) is 0.540. The Morgan fingerprint density at radius 3 is 2.36 bits per heavy atom. The summed E-state index contributed by atoms with van der Waals surface area (Å²) >= 11 is 0. The van der Waals surface area contributed by atoms with Gasteiger partial charge in [0.1, 0.15) is 0 Å². The van der Waals surface area contributed by atoms with E-state index in [0.717, 1.165) is 6.42 Å². The third-order valence-corrected chi connectivity index (χ3v) is 1.93. The molecule has 0 heterocycles. The van der Waals surface area contributed by atoms with Crippen molar-refractivity contribution in [1.29, 1.82) is 0 Å². The molecule has 0 aliphatic carbocycles. The van der Waals surface area contributed by atoms with Gasteiger partial charge in [0.15, 0.2) is 0 Å². The molecule has 0 aliphatic heterocycles. The van der Waals surface area contributed by atoms with Crippen molar-refractivity contribution in [1.82, 2.24) is 0 Å². The molecule has 66 valence electrons. The maximum absolute atomic E-state index is 4.44. The van der Waals surface area contributed by atoms with E-state index in [2.05, 4.69) is 38.9 Å². The Hall–Kier alpha value is -0.330. The molecule has 1 heteroatoms. The average molecular weight is 155 g/mol. The van der Waals surface area contributed by atoms with Gasteiger partial charge in [0.25, 0.3) is 0 Å². The monoisotopic (exact) mass is 155 g/mol. The van der Waals surface area contributed by atoms with E-state index in [9.17, 15) is 0 Å². The predicted octanol–water partition coefficient (Wildman–Crippen LogP) is 3.29. The second kappa shape index (κ2) is 6.38. The fourth-order valence-corrected chi connectivity index (χ4v) is 0.929. The Balaban J connectivity index is 3.54. The standard InChI is InChI=1S/C10H21N/c1-5-7-9(3)8-11-10(4)6-2/h8-10H,5-7H2,1-4H3. The van der Waals surface area contributed by atoms with E-state index in [1.807, 2.05) is 0 Å². The summed E-state index contributed by atoms with van der Waals surface area (Å²) in [7, 11) is 0. The topological polar surface area (TPSA) is 12.4 Å². The molecule has 1 nitrogen and oxygen atoms in total. The molecule has 2 unspecified atom stereocenters. The molecule has 0 radical (unpaired) electrons. The summed E-state index contributed by atoms with van der Waals surface area (Å²) in [6.07, 6.45) is 5.78. The van der Waals surface area contributed by atoms with Crippen molar-refractivity contribution >= 4 is 6.21 Å². The van der Waals surface area contributed by atoms with Gasteiger partial charge in [-0.05, 0) is 25.7 Å². The summed E-state index contributed by atoms with van der Waals surface area (Å²) in [5.41, 5.74) is 0. The van der Waals surface area contributed by atoms with Gasteiger partial charge in [0.2, 0.25) is 0 Å². The van der Waals surface area contributed by atoms with Crippen molar-refractivity contribution < 1.29 is 0 Å². The second-order valence-corrected chi connectivity index (χ2v) is 3.32. The fraction of sp³-hybridized carbons (Fsp3) is 0.900. The minimum atomic E-state index is 0.509. The first-order valence-electron chi connectivity index (χ1n) is 4.74. The molecule has 0 aromatic heterocycles. The molecule has 0 aliphatic rings. The average Bonchev–Trinajstić information content (AvgIpc) is 2.01. The molecule has 0 saturated carbocycles. The first-order valence-corrected chi connectivity index (χ1v) is 4.74. The van der Waals surface area contributed by atoms with E-state index in [-0.39, 0.29) is 0 Å². The first kappa shape index (κ1) is 10.7. The molecule has 0 N–H and O–H groups in total. The number of hydrogen-bond acceptors (Lipinski definition) is 1. The van der Waals surface area contributed by atoms with E-state index in [0.29, 0.717) is 12.0 Å². The first-order chi connectivity index (χ1) is 5.20. The largest absolute Gasteiger partial charge is 0.294 e. The predicted molar refractivity (Wildman–Crippen MR) is 52.3 cm³/mol. The summed E-state index contributed by atoms with van der Waals surface area (Å²) in [5.74, 6) is 0.661. The van der Waals surface area contributed by atoms with Crippen LogP contribution in [0.25, 0.3) is 0 Å². The zero-order chi connectivity index (χ0) is 8.69.